The van der Waals surface area contributed by atoms with E-state index in [4.69, 9.17) is 5.14 Å². The summed E-state index contributed by atoms with van der Waals surface area (Å²) in [6, 6.07) is 2.16. The van der Waals surface area contributed by atoms with E-state index in [2.05, 4.69) is 15.9 Å². The number of sulfonamides is 1. The smallest absolute Gasteiger partial charge is 0.225 e. The highest BCUT2D eigenvalue weighted by Gasteiger charge is 2.17. The molecule has 1 aromatic rings. The maximum Gasteiger partial charge on any atom is 0.240 e. The SMILES string of the molecule is NS(=O)(=O)c1c(Br)cc(F)cc1I. The van der Waals surface area contributed by atoms with Crippen molar-refractivity contribution >= 4 is 48.5 Å². The van der Waals surface area contributed by atoms with Gasteiger partial charge < -0.3 is 0 Å². The molecule has 0 saturated heterocycles. The van der Waals surface area contributed by atoms with Crippen LogP contribution < -0.4 is 5.14 Å². The number of benzene rings is 1. The van der Waals surface area contributed by atoms with Crippen LogP contribution in [-0.4, -0.2) is 8.42 Å². The molecule has 0 fully saturated rings. The van der Waals surface area contributed by atoms with Crippen molar-refractivity contribution < 1.29 is 12.8 Å². The van der Waals surface area contributed by atoms with E-state index in [0.29, 0.717) is 0 Å². The molecule has 0 aliphatic rings. The Bertz CT molecular complexity index is 425. The first-order chi connectivity index (χ1) is 5.82. The second-order valence-electron chi connectivity index (χ2n) is 2.24. The van der Waals surface area contributed by atoms with Crippen LogP contribution in [0.25, 0.3) is 0 Å². The normalized spacial score (nSPS) is 11.7. The van der Waals surface area contributed by atoms with Crippen LogP contribution in [0.3, 0.4) is 0 Å². The molecular weight excluding hydrogens is 376 g/mol. The Labute approximate surface area is 96.8 Å². The van der Waals surface area contributed by atoms with Crippen LogP contribution in [0.15, 0.2) is 21.5 Å². The predicted octanol–water partition coefficient (Wildman–Crippen LogP) is 1.84. The fourth-order valence-electron chi connectivity index (χ4n) is 0.801. The molecule has 0 bridgehead atoms. The molecule has 0 aromatic heterocycles. The van der Waals surface area contributed by atoms with Crippen LogP contribution in [0.4, 0.5) is 4.39 Å². The van der Waals surface area contributed by atoms with Crippen molar-refractivity contribution in [1.29, 1.82) is 0 Å². The summed E-state index contributed by atoms with van der Waals surface area (Å²) >= 11 is 4.64. The summed E-state index contributed by atoms with van der Waals surface area (Å²) in [5.41, 5.74) is 0. The van der Waals surface area contributed by atoms with E-state index in [1.807, 2.05) is 0 Å². The molecule has 72 valence electrons. The largest absolute Gasteiger partial charge is 0.240 e. The third-order valence-corrected chi connectivity index (χ3v) is 4.36. The van der Waals surface area contributed by atoms with Crippen LogP contribution in [-0.2, 0) is 10.0 Å². The van der Waals surface area contributed by atoms with Gasteiger partial charge in [0.05, 0.1) is 0 Å². The average Bonchev–Trinajstić information content (AvgIpc) is 1.78. The van der Waals surface area contributed by atoms with Crippen molar-refractivity contribution in [2.75, 3.05) is 0 Å². The second kappa shape index (κ2) is 3.79. The molecule has 0 aliphatic carbocycles. The lowest BCUT2D eigenvalue weighted by atomic mass is 10.3. The molecule has 0 unspecified atom stereocenters. The Hall–Kier alpha value is 0.270. The van der Waals surface area contributed by atoms with E-state index in [1.165, 1.54) is 0 Å². The molecule has 0 heterocycles. The predicted molar refractivity (Wildman–Crippen MR) is 58.2 cm³/mol. The summed E-state index contributed by atoms with van der Waals surface area (Å²) in [6.07, 6.45) is 0. The third-order valence-electron chi connectivity index (χ3n) is 1.25. The van der Waals surface area contributed by atoms with Gasteiger partial charge in [-0.15, -0.1) is 0 Å². The molecule has 0 spiro atoms. The molecule has 7 heteroatoms. The first-order valence-electron chi connectivity index (χ1n) is 2.99. The number of nitrogens with two attached hydrogens (primary N) is 1. The zero-order valence-electron chi connectivity index (χ0n) is 6.09. The molecular formula is C6H4BrFINO2S. The van der Waals surface area contributed by atoms with Crippen molar-refractivity contribution in [2.24, 2.45) is 5.14 Å². The number of primary sulfonamides is 1. The monoisotopic (exact) mass is 379 g/mol. The molecule has 1 rings (SSSR count). The summed E-state index contributed by atoms with van der Waals surface area (Å²) in [7, 11) is -3.80. The summed E-state index contributed by atoms with van der Waals surface area (Å²) in [4.78, 5) is -0.0884. The summed E-state index contributed by atoms with van der Waals surface area (Å²) in [6.45, 7) is 0. The van der Waals surface area contributed by atoms with Gasteiger partial charge >= 0.3 is 0 Å². The van der Waals surface area contributed by atoms with Crippen molar-refractivity contribution in [3.63, 3.8) is 0 Å². The van der Waals surface area contributed by atoms with Crippen LogP contribution >= 0.6 is 38.5 Å². The maximum absolute atomic E-state index is 12.7. The molecule has 0 radical (unpaired) electrons. The second-order valence-corrected chi connectivity index (χ2v) is 5.76. The van der Waals surface area contributed by atoms with Crippen molar-refractivity contribution in [3.05, 3.63) is 26.0 Å². The van der Waals surface area contributed by atoms with Gasteiger partial charge in [-0.3, -0.25) is 0 Å². The Morgan fingerprint density at radius 1 is 1.46 bits per heavy atom. The minimum Gasteiger partial charge on any atom is -0.225 e. The van der Waals surface area contributed by atoms with E-state index in [1.54, 1.807) is 22.6 Å². The van der Waals surface area contributed by atoms with Gasteiger partial charge in [0.15, 0.2) is 0 Å². The van der Waals surface area contributed by atoms with Gasteiger partial charge in [0.1, 0.15) is 10.7 Å². The van der Waals surface area contributed by atoms with E-state index >= 15 is 0 Å². The summed E-state index contributed by atoms with van der Waals surface area (Å²) < 4.78 is 35.1. The number of halogens is 3. The highest BCUT2D eigenvalue weighted by atomic mass is 127. The Kier molecular flexibility index (Phi) is 3.31. The van der Waals surface area contributed by atoms with E-state index < -0.39 is 15.8 Å². The fraction of sp³-hybridized carbons (Fsp3) is 0. The van der Waals surface area contributed by atoms with Crippen molar-refractivity contribution in [2.45, 2.75) is 4.90 Å². The number of hydrogen-bond donors (Lipinski definition) is 1. The molecule has 0 amide bonds. The zero-order chi connectivity index (χ0) is 10.2. The lowest BCUT2D eigenvalue weighted by molar-refractivity contribution is 0.594. The third kappa shape index (κ3) is 2.61. The van der Waals surface area contributed by atoms with Gasteiger partial charge in [0.25, 0.3) is 0 Å². The lowest BCUT2D eigenvalue weighted by Gasteiger charge is -2.04. The van der Waals surface area contributed by atoms with Crippen LogP contribution in [0.5, 0.6) is 0 Å². The molecule has 13 heavy (non-hydrogen) atoms. The zero-order valence-corrected chi connectivity index (χ0v) is 10.7. The standard InChI is InChI=1S/C6H4BrFINO2S/c7-4-1-3(8)2-5(9)6(4)13(10,11)12/h1-2H,(H2,10,11,12). The summed E-state index contributed by atoms with van der Waals surface area (Å²) in [5.74, 6) is -0.510. The fourth-order valence-corrected chi connectivity index (χ4v) is 4.45. The number of hydrogen-bond acceptors (Lipinski definition) is 2. The Balaban J connectivity index is 3.57. The van der Waals surface area contributed by atoms with Crippen LogP contribution in [0, 0.1) is 9.39 Å². The topological polar surface area (TPSA) is 60.2 Å². The van der Waals surface area contributed by atoms with Gasteiger partial charge in [0.2, 0.25) is 10.0 Å². The molecule has 0 atom stereocenters. The van der Waals surface area contributed by atoms with Crippen LogP contribution in [0.2, 0.25) is 0 Å². The first-order valence-corrected chi connectivity index (χ1v) is 6.41. The van der Waals surface area contributed by atoms with Gasteiger partial charge in [-0.1, -0.05) is 0 Å². The molecule has 0 saturated carbocycles. The van der Waals surface area contributed by atoms with Gasteiger partial charge in [-0.05, 0) is 50.7 Å². The van der Waals surface area contributed by atoms with E-state index in [-0.39, 0.29) is 12.9 Å². The molecule has 3 nitrogen and oxygen atoms in total. The van der Waals surface area contributed by atoms with Gasteiger partial charge in [-0.25, -0.2) is 17.9 Å². The Morgan fingerprint density at radius 3 is 2.38 bits per heavy atom. The summed E-state index contributed by atoms with van der Waals surface area (Å²) in [5, 5.41) is 4.92. The van der Waals surface area contributed by atoms with Crippen LogP contribution in [0.1, 0.15) is 0 Å². The maximum atomic E-state index is 12.7. The lowest BCUT2D eigenvalue weighted by Crippen LogP contribution is -2.14. The Morgan fingerprint density at radius 2 is 2.00 bits per heavy atom. The highest BCUT2D eigenvalue weighted by molar-refractivity contribution is 14.1. The molecule has 2 N–H and O–H groups in total. The molecule has 1 aromatic carbocycles. The highest BCUT2D eigenvalue weighted by Crippen LogP contribution is 2.27. The average molecular weight is 380 g/mol. The van der Waals surface area contributed by atoms with Crippen molar-refractivity contribution in [3.8, 4) is 0 Å². The minimum absolute atomic E-state index is 0.0884. The van der Waals surface area contributed by atoms with Gasteiger partial charge in [-0.2, -0.15) is 0 Å². The van der Waals surface area contributed by atoms with Crippen molar-refractivity contribution in [1.82, 2.24) is 0 Å². The van der Waals surface area contributed by atoms with Gasteiger partial charge in [0, 0.05) is 8.04 Å². The minimum atomic E-state index is -3.80. The number of rotatable bonds is 1. The van der Waals surface area contributed by atoms with E-state index in [0.717, 1.165) is 12.1 Å². The van der Waals surface area contributed by atoms with E-state index in [9.17, 15) is 12.8 Å². The quantitative estimate of drug-likeness (QED) is 0.757. The molecule has 0 aliphatic heterocycles. The first kappa shape index (κ1) is 11.3.